The smallest absolute Gasteiger partial charge is 0.253 e. The van der Waals surface area contributed by atoms with E-state index in [1.54, 1.807) is 6.07 Å². The van der Waals surface area contributed by atoms with E-state index in [1.807, 2.05) is 19.1 Å². The molecular formula is C27H34ClN3O3. The molecular weight excluding hydrogens is 450 g/mol. The van der Waals surface area contributed by atoms with Crippen molar-refractivity contribution in [2.75, 3.05) is 14.1 Å². The van der Waals surface area contributed by atoms with E-state index in [-0.39, 0.29) is 24.1 Å². The Bertz CT molecular complexity index is 1130. The Morgan fingerprint density at radius 3 is 2.53 bits per heavy atom. The molecule has 34 heavy (non-hydrogen) atoms. The number of halogens is 1. The number of amides is 1. The van der Waals surface area contributed by atoms with E-state index in [1.165, 1.54) is 0 Å². The monoisotopic (exact) mass is 483 g/mol. The number of ether oxygens (including phenoxy) is 1. The molecule has 0 saturated heterocycles. The van der Waals surface area contributed by atoms with Gasteiger partial charge in [-0.3, -0.25) is 9.59 Å². The summed E-state index contributed by atoms with van der Waals surface area (Å²) in [4.78, 5) is 31.0. The van der Waals surface area contributed by atoms with Gasteiger partial charge in [0.25, 0.3) is 11.5 Å². The molecule has 1 aliphatic carbocycles. The summed E-state index contributed by atoms with van der Waals surface area (Å²) < 4.78 is 6.45. The molecule has 2 aromatic rings. The van der Waals surface area contributed by atoms with Gasteiger partial charge < -0.3 is 19.9 Å². The van der Waals surface area contributed by atoms with E-state index < -0.39 is 0 Å². The van der Waals surface area contributed by atoms with E-state index in [0.717, 1.165) is 55.3 Å². The summed E-state index contributed by atoms with van der Waals surface area (Å²) in [6.07, 6.45) is 10.6. The minimum atomic E-state index is -0.251. The summed E-state index contributed by atoms with van der Waals surface area (Å²) in [6, 6.07) is 6.10. The molecule has 0 spiro atoms. The average molecular weight is 484 g/mol. The predicted molar refractivity (Wildman–Crippen MR) is 136 cm³/mol. The third-order valence-corrected chi connectivity index (χ3v) is 7.16. The van der Waals surface area contributed by atoms with E-state index in [2.05, 4.69) is 41.4 Å². The SMILES string of the molecule is Cc1cc2c(c(=O)[nH]1)CNC(=O)c1cc(Cl)cc(OC3CCC(N(C)C)CC3)c1C/C=C\CC2. The number of carbonyl (C=O) groups is 1. The van der Waals surface area contributed by atoms with Crippen molar-refractivity contribution in [1.82, 2.24) is 15.2 Å². The summed E-state index contributed by atoms with van der Waals surface area (Å²) in [5.41, 5.74) is 3.58. The number of aromatic amines is 1. The predicted octanol–water partition coefficient (Wildman–Crippen LogP) is 4.56. The second-order valence-corrected chi connectivity index (χ2v) is 10.1. The highest BCUT2D eigenvalue weighted by Gasteiger charge is 2.26. The Morgan fingerprint density at radius 1 is 1.03 bits per heavy atom. The van der Waals surface area contributed by atoms with E-state index in [9.17, 15) is 9.59 Å². The fraction of sp³-hybridized carbons (Fsp3) is 0.481. The number of nitrogens with zero attached hydrogens (tertiary/aromatic N) is 1. The van der Waals surface area contributed by atoms with Crippen LogP contribution in [0.4, 0.5) is 0 Å². The van der Waals surface area contributed by atoms with Gasteiger partial charge in [0.2, 0.25) is 0 Å². The first-order valence-electron chi connectivity index (χ1n) is 12.1. The van der Waals surface area contributed by atoms with Crippen LogP contribution in [0.5, 0.6) is 5.75 Å². The van der Waals surface area contributed by atoms with Crippen molar-refractivity contribution < 1.29 is 9.53 Å². The van der Waals surface area contributed by atoms with Crippen LogP contribution in [-0.2, 0) is 19.4 Å². The lowest BCUT2D eigenvalue weighted by Crippen LogP contribution is -2.35. The molecule has 1 aliphatic heterocycles. The highest BCUT2D eigenvalue weighted by atomic mass is 35.5. The van der Waals surface area contributed by atoms with Gasteiger partial charge in [-0.15, -0.1) is 0 Å². The van der Waals surface area contributed by atoms with Crippen LogP contribution >= 0.6 is 11.6 Å². The van der Waals surface area contributed by atoms with E-state index in [4.69, 9.17) is 16.3 Å². The Labute approximate surface area is 206 Å². The molecule has 0 unspecified atom stereocenters. The standard InChI is InChI=1S/C27H34ClN3O3/c1-17-13-18-7-5-4-6-8-22-23(26(32)29-16-24(18)27(33)30-17)14-19(28)15-25(22)34-21-11-9-20(10-12-21)31(2)3/h4,6,13-15,20-21H,5,7-12,16H2,1-3H3,(H,29,32)(H,30,33)/b6-4-. The molecule has 182 valence electrons. The van der Waals surface area contributed by atoms with Crippen LogP contribution in [0.15, 0.2) is 35.1 Å². The topological polar surface area (TPSA) is 74.4 Å². The van der Waals surface area contributed by atoms with Crippen molar-refractivity contribution in [3.63, 3.8) is 0 Å². The maximum absolute atomic E-state index is 13.3. The Hall–Kier alpha value is -2.57. The zero-order valence-electron chi connectivity index (χ0n) is 20.2. The molecule has 0 atom stereocenters. The van der Waals surface area contributed by atoms with Gasteiger partial charge in [-0.05, 0) is 89.7 Å². The second-order valence-electron chi connectivity index (χ2n) is 9.62. The Balaban J connectivity index is 1.61. The number of aromatic nitrogens is 1. The van der Waals surface area contributed by atoms with Crippen LogP contribution < -0.4 is 15.6 Å². The highest BCUT2D eigenvalue weighted by molar-refractivity contribution is 6.31. The van der Waals surface area contributed by atoms with Gasteiger partial charge in [0.1, 0.15) is 5.75 Å². The second kappa shape index (κ2) is 10.8. The Morgan fingerprint density at radius 2 is 1.79 bits per heavy atom. The molecule has 6 nitrogen and oxygen atoms in total. The lowest BCUT2D eigenvalue weighted by molar-refractivity contribution is 0.0945. The van der Waals surface area contributed by atoms with Gasteiger partial charge in [0.05, 0.1) is 6.10 Å². The molecule has 0 radical (unpaired) electrons. The third-order valence-electron chi connectivity index (χ3n) is 6.94. The maximum atomic E-state index is 13.3. The van der Waals surface area contributed by atoms with Gasteiger partial charge in [-0.2, -0.15) is 0 Å². The van der Waals surface area contributed by atoms with Crippen LogP contribution in [0.25, 0.3) is 0 Å². The quantitative estimate of drug-likeness (QED) is 0.627. The van der Waals surface area contributed by atoms with Crippen molar-refractivity contribution in [2.24, 2.45) is 0 Å². The van der Waals surface area contributed by atoms with E-state index >= 15 is 0 Å². The van der Waals surface area contributed by atoms with Crippen molar-refractivity contribution in [1.29, 1.82) is 0 Å². The number of nitrogens with one attached hydrogen (secondary N) is 2. The van der Waals surface area contributed by atoms with Gasteiger partial charge >= 0.3 is 0 Å². The Kier molecular flexibility index (Phi) is 7.79. The molecule has 1 fully saturated rings. The molecule has 2 aliphatic rings. The molecule has 1 aromatic heterocycles. The zero-order chi connectivity index (χ0) is 24.2. The average Bonchev–Trinajstić information content (AvgIpc) is 2.78. The normalized spacial score (nSPS) is 22.1. The van der Waals surface area contributed by atoms with Gasteiger partial charge in [0, 0.05) is 40.0 Å². The molecule has 1 amide bonds. The minimum absolute atomic E-state index is 0.112. The molecule has 2 N–H and O–H groups in total. The maximum Gasteiger partial charge on any atom is 0.253 e. The van der Waals surface area contributed by atoms with Gasteiger partial charge in [-0.1, -0.05) is 23.8 Å². The largest absolute Gasteiger partial charge is 0.490 e. The van der Waals surface area contributed by atoms with Crippen molar-refractivity contribution in [3.8, 4) is 5.75 Å². The van der Waals surface area contributed by atoms with Crippen LogP contribution in [0, 0.1) is 6.92 Å². The fourth-order valence-corrected chi connectivity index (χ4v) is 5.22. The number of benzene rings is 1. The molecule has 1 saturated carbocycles. The molecule has 4 rings (SSSR count). The first-order chi connectivity index (χ1) is 16.3. The first kappa shape index (κ1) is 24.6. The fourth-order valence-electron chi connectivity index (χ4n) is 5.01. The molecule has 2 heterocycles. The van der Waals surface area contributed by atoms with Gasteiger partial charge in [0.15, 0.2) is 0 Å². The van der Waals surface area contributed by atoms with Crippen LogP contribution in [0.1, 0.15) is 64.8 Å². The molecule has 1 aromatic carbocycles. The summed E-state index contributed by atoms with van der Waals surface area (Å²) in [5, 5.41) is 3.42. The number of hydrogen-bond acceptors (Lipinski definition) is 4. The highest BCUT2D eigenvalue weighted by Crippen LogP contribution is 2.33. The number of pyridine rings is 1. The number of aryl methyl sites for hydroxylation is 2. The number of allylic oxidation sites excluding steroid dienone is 2. The van der Waals surface area contributed by atoms with Crippen molar-refractivity contribution in [2.45, 2.75) is 70.6 Å². The lowest BCUT2D eigenvalue weighted by atomic mass is 9.92. The van der Waals surface area contributed by atoms with Crippen molar-refractivity contribution in [3.05, 3.63) is 73.7 Å². The number of H-pyrrole nitrogens is 1. The zero-order valence-corrected chi connectivity index (χ0v) is 21.0. The van der Waals surface area contributed by atoms with E-state index in [0.29, 0.717) is 34.4 Å². The number of hydrogen-bond donors (Lipinski definition) is 2. The molecule has 0 bridgehead atoms. The van der Waals surface area contributed by atoms with Gasteiger partial charge in [-0.25, -0.2) is 0 Å². The number of carbonyl (C=O) groups excluding carboxylic acids is 1. The van der Waals surface area contributed by atoms with Crippen LogP contribution in [-0.4, -0.2) is 42.0 Å². The lowest BCUT2D eigenvalue weighted by Gasteiger charge is -2.33. The van der Waals surface area contributed by atoms with Crippen LogP contribution in [0.2, 0.25) is 5.02 Å². The third kappa shape index (κ3) is 5.73. The minimum Gasteiger partial charge on any atom is -0.490 e. The first-order valence-corrected chi connectivity index (χ1v) is 12.5. The summed E-state index contributed by atoms with van der Waals surface area (Å²) in [5.74, 6) is 0.431. The summed E-state index contributed by atoms with van der Waals surface area (Å²) in [7, 11) is 4.25. The summed E-state index contributed by atoms with van der Waals surface area (Å²) in [6.45, 7) is 2.04. The summed E-state index contributed by atoms with van der Waals surface area (Å²) >= 11 is 6.44. The van der Waals surface area contributed by atoms with Crippen LogP contribution in [0.3, 0.4) is 0 Å². The molecule has 7 heteroatoms. The van der Waals surface area contributed by atoms with Crippen molar-refractivity contribution >= 4 is 17.5 Å². The number of fused-ring (bicyclic) bond motifs is 2. The number of rotatable bonds is 3.